The Morgan fingerprint density at radius 2 is 1.45 bits per heavy atom. The van der Waals surface area contributed by atoms with E-state index in [-0.39, 0.29) is 31.1 Å². The Bertz CT molecular complexity index is 1570. The van der Waals surface area contributed by atoms with E-state index in [1.807, 2.05) is 0 Å². The smallest absolute Gasteiger partial charge is 0.417 e. The Morgan fingerprint density at radius 3 is 2.02 bits per heavy atom. The second kappa shape index (κ2) is 11.2. The van der Waals surface area contributed by atoms with Crippen LogP contribution in [0.4, 0.5) is 24.5 Å². The van der Waals surface area contributed by atoms with Gasteiger partial charge in [-0.05, 0) is 54.6 Å². The Balaban J connectivity index is 1.58. The number of rotatable bonds is 8. The first-order valence-corrected chi connectivity index (χ1v) is 14.9. The molecule has 1 fully saturated rings. The lowest BCUT2D eigenvalue weighted by Crippen LogP contribution is -2.49. The van der Waals surface area contributed by atoms with Crippen LogP contribution in [0.15, 0.2) is 76.5 Å². The number of halogens is 3. The monoisotopic (exact) mass is 599 g/mol. The Hall–Kier alpha value is -3.49. The average molecular weight is 600 g/mol. The van der Waals surface area contributed by atoms with Crippen molar-refractivity contribution in [1.82, 2.24) is 4.31 Å². The molecule has 0 saturated carbocycles. The van der Waals surface area contributed by atoms with E-state index in [2.05, 4.69) is 0 Å². The minimum atomic E-state index is -4.83. The lowest BCUT2D eigenvalue weighted by atomic mass is 10.2. The second-order valence-electron chi connectivity index (χ2n) is 8.89. The summed E-state index contributed by atoms with van der Waals surface area (Å²) in [6, 6.07) is 14.9. The number of piperazine rings is 1. The maximum Gasteiger partial charge on any atom is 0.417 e. The van der Waals surface area contributed by atoms with Crippen molar-refractivity contribution in [2.45, 2.75) is 16.0 Å². The van der Waals surface area contributed by atoms with Gasteiger partial charge in [-0.25, -0.2) is 16.8 Å². The molecule has 3 aromatic carbocycles. The number of ether oxygens (including phenoxy) is 2. The van der Waals surface area contributed by atoms with E-state index in [1.54, 1.807) is 29.2 Å². The molecule has 14 heteroatoms. The molecule has 1 aliphatic heterocycles. The van der Waals surface area contributed by atoms with Gasteiger partial charge in [-0.2, -0.15) is 17.5 Å². The number of alkyl halides is 3. The van der Waals surface area contributed by atoms with Crippen LogP contribution >= 0.6 is 0 Å². The number of nitrogens with zero attached hydrogens (tertiary/aromatic N) is 3. The van der Waals surface area contributed by atoms with Gasteiger partial charge in [-0.3, -0.25) is 4.31 Å². The van der Waals surface area contributed by atoms with E-state index in [0.29, 0.717) is 22.9 Å². The van der Waals surface area contributed by atoms with E-state index in [0.717, 1.165) is 26.8 Å². The van der Waals surface area contributed by atoms with Gasteiger partial charge in [0, 0.05) is 33.2 Å². The van der Waals surface area contributed by atoms with Gasteiger partial charge in [-0.15, -0.1) is 0 Å². The third-order valence-electron chi connectivity index (χ3n) is 6.63. The Kier molecular flexibility index (Phi) is 8.24. The summed E-state index contributed by atoms with van der Waals surface area (Å²) in [5.41, 5.74) is -0.395. The highest BCUT2D eigenvalue weighted by Gasteiger charge is 2.39. The number of benzene rings is 3. The molecule has 0 amide bonds. The van der Waals surface area contributed by atoms with Crippen molar-refractivity contribution in [3.63, 3.8) is 0 Å². The van der Waals surface area contributed by atoms with Gasteiger partial charge in [0.25, 0.3) is 10.0 Å². The molecule has 0 spiro atoms. The standard InChI is InChI=1S/C26H28F3N3O6S2/c1-30(19-8-10-20(37-2)11-9-19)39(33,34)21-12-13-24(38-3)23(18-21)31-14-16-32(17-15-31)40(35,36)25-7-5-4-6-22(25)26(27,28)29/h4-13,18H,14-17H2,1-3H3. The summed E-state index contributed by atoms with van der Waals surface area (Å²) in [5.74, 6) is 0.939. The molecule has 216 valence electrons. The summed E-state index contributed by atoms with van der Waals surface area (Å²) in [5, 5.41) is 0. The number of hydrogen-bond donors (Lipinski definition) is 0. The molecule has 1 aliphatic rings. The molecule has 0 unspecified atom stereocenters. The summed E-state index contributed by atoms with van der Waals surface area (Å²) in [6.07, 6.45) is -4.83. The third kappa shape index (κ3) is 5.69. The third-order valence-corrected chi connectivity index (χ3v) is 10.4. The first-order chi connectivity index (χ1) is 18.8. The zero-order chi connectivity index (χ0) is 29.3. The molecule has 0 bridgehead atoms. The molecular weight excluding hydrogens is 571 g/mol. The first-order valence-electron chi connectivity index (χ1n) is 12.0. The fraction of sp³-hybridized carbons (Fsp3) is 0.308. The van der Waals surface area contributed by atoms with Crippen LogP contribution in [-0.2, 0) is 26.2 Å². The topological polar surface area (TPSA) is 96.5 Å². The van der Waals surface area contributed by atoms with Crippen LogP contribution in [0, 0.1) is 0 Å². The summed E-state index contributed by atoms with van der Waals surface area (Å²) < 4.78 is 106. The second-order valence-corrected chi connectivity index (χ2v) is 12.8. The van der Waals surface area contributed by atoms with Crippen LogP contribution < -0.4 is 18.7 Å². The Morgan fingerprint density at radius 1 is 0.825 bits per heavy atom. The highest BCUT2D eigenvalue weighted by molar-refractivity contribution is 7.92. The molecule has 0 aromatic heterocycles. The highest BCUT2D eigenvalue weighted by atomic mass is 32.2. The molecule has 0 atom stereocenters. The normalized spacial score (nSPS) is 15.1. The zero-order valence-corrected chi connectivity index (χ0v) is 23.6. The summed E-state index contributed by atoms with van der Waals surface area (Å²) in [4.78, 5) is 0.923. The van der Waals surface area contributed by atoms with Gasteiger partial charge in [0.05, 0.1) is 40.9 Å². The van der Waals surface area contributed by atoms with Gasteiger partial charge in [0.1, 0.15) is 11.5 Å². The number of methoxy groups -OCH3 is 2. The minimum absolute atomic E-state index is 0.0178. The maximum atomic E-state index is 13.5. The minimum Gasteiger partial charge on any atom is -0.497 e. The van der Waals surface area contributed by atoms with Gasteiger partial charge in [0.15, 0.2) is 0 Å². The molecule has 40 heavy (non-hydrogen) atoms. The van der Waals surface area contributed by atoms with Crippen LogP contribution in [0.1, 0.15) is 5.56 Å². The van der Waals surface area contributed by atoms with Crippen molar-refractivity contribution < 1.29 is 39.5 Å². The maximum absolute atomic E-state index is 13.5. The van der Waals surface area contributed by atoms with Crippen molar-refractivity contribution in [2.24, 2.45) is 0 Å². The van der Waals surface area contributed by atoms with E-state index in [9.17, 15) is 30.0 Å². The van der Waals surface area contributed by atoms with Gasteiger partial charge < -0.3 is 14.4 Å². The van der Waals surface area contributed by atoms with Crippen LogP contribution in [0.2, 0.25) is 0 Å². The fourth-order valence-electron chi connectivity index (χ4n) is 4.40. The summed E-state index contributed by atoms with van der Waals surface area (Å²) in [6.45, 7) is -0.0238. The van der Waals surface area contributed by atoms with Crippen LogP contribution in [0.3, 0.4) is 0 Å². The van der Waals surface area contributed by atoms with Gasteiger partial charge in [-0.1, -0.05) is 12.1 Å². The fourth-order valence-corrected chi connectivity index (χ4v) is 7.25. The van der Waals surface area contributed by atoms with Crippen LogP contribution in [0.25, 0.3) is 0 Å². The van der Waals surface area contributed by atoms with E-state index >= 15 is 0 Å². The number of anilines is 2. The van der Waals surface area contributed by atoms with Crippen molar-refractivity contribution in [1.29, 1.82) is 0 Å². The first kappa shape index (κ1) is 29.5. The largest absolute Gasteiger partial charge is 0.497 e. The summed E-state index contributed by atoms with van der Waals surface area (Å²) >= 11 is 0. The van der Waals surface area contributed by atoms with Crippen molar-refractivity contribution in [3.8, 4) is 11.5 Å². The molecule has 0 radical (unpaired) electrons. The van der Waals surface area contributed by atoms with Crippen molar-refractivity contribution in [2.75, 3.05) is 56.7 Å². The van der Waals surface area contributed by atoms with E-state index in [1.165, 1.54) is 45.5 Å². The molecular formula is C26H28F3N3O6S2. The molecule has 1 saturated heterocycles. The van der Waals surface area contributed by atoms with E-state index < -0.39 is 36.7 Å². The van der Waals surface area contributed by atoms with Crippen LogP contribution in [0.5, 0.6) is 11.5 Å². The predicted molar refractivity (Wildman–Crippen MR) is 144 cm³/mol. The molecule has 9 nitrogen and oxygen atoms in total. The molecule has 4 rings (SSSR count). The molecule has 0 N–H and O–H groups in total. The lowest BCUT2D eigenvalue weighted by Gasteiger charge is -2.36. The SMILES string of the molecule is COc1ccc(N(C)S(=O)(=O)c2ccc(OC)c(N3CCN(S(=O)(=O)c4ccccc4C(F)(F)F)CC3)c2)cc1. The van der Waals surface area contributed by atoms with Gasteiger partial charge in [0.2, 0.25) is 10.0 Å². The van der Waals surface area contributed by atoms with Gasteiger partial charge >= 0.3 is 6.18 Å². The molecule has 1 heterocycles. The number of hydrogen-bond acceptors (Lipinski definition) is 7. The Labute approximate surface area is 231 Å². The zero-order valence-electron chi connectivity index (χ0n) is 21.9. The quantitative estimate of drug-likeness (QED) is 0.385. The predicted octanol–water partition coefficient (Wildman–Crippen LogP) is 4.06. The molecule has 0 aliphatic carbocycles. The van der Waals surface area contributed by atoms with Crippen LogP contribution in [-0.4, -0.2) is 68.6 Å². The van der Waals surface area contributed by atoms with Crippen molar-refractivity contribution in [3.05, 3.63) is 72.3 Å². The molecule has 3 aromatic rings. The average Bonchev–Trinajstić information content (AvgIpc) is 2.96. The highest BCUT2D eigenvalue weighted by Crippen LogP contribution is 2.37. The summed E-state index contributed by atoms with van der Waals surface area (Å²) in [7, 11) is -4.07. The van der Waals surface area contributed by atoms with Crippen molar-refractivity contribution >= 4 is 31.4 Å². The number of sulfonamides is 2. The van der Waals surface area contributed by atoms with E-state index in [4.69, 9.17) is 9.47 Å². The lowest BCUT2D eigenvalue weighted by molar-refractivity contribution is -0.139.